The van der Waals surface area contributed by atoms with Crippen LogP contribution >= 0.6 is 11.6 Å². The van der Waals surface area contributed by atoms with Crippen LogP contribution in [0.25, 0.3) is 16.5 Å². The van der Waals surface area contributed by atoms with Crippen molar-refractivity contribution in [2.75, 3.05) is 120 Å². The second-order valence-corrected chi connectivity index (χ2v) is 24.3. The largest absolute Gasteiger partial charge is 0.480 e. The summed E-state index contributed by atoms with van der Waals surface area (Å²) in [6, 6.07) is 7.41. The molecule has 9 heterocycles. The van der Waals surface area contributed by atoms with Crippen molar-refractivity contribution in [2.45, 2.75) is 95.2 Å². The molecule has 1 atom stereocenters. The fraction of sp³-hybridized carbons (Fsp3) is 0.550. The van der Waals surface area contributed by atoms with Crippen LogP contribution in [0.1, 0.15) is 91.8 Å². The number of nitrogens with zero attached hydrogens (tertiary/aromatic N) is 11. The first-order valence-corrected chi connectivity index (χ1v) is 30.7. The number of ether oxygens (including phenoxy) is 1. The van der Waals surface area contributed by atoms with E-state index in [1.807, 2.05) is 33.1 Å². The van der Waals surface area contributed by atoms with Crippen LogP contribution in [0.4, 0.5) is 57.0 Å². The SMILES string of the molecule is CNC(=O)N1CCc2c(c(N3CCCc4cc(/C(=C/[NH2+]C)CN)c(C(F)F)cc43)nn2C2CCN(C(=O)CCN3CCN(C(=O)C4CCN(c5ncc(Cl)c(Nc6ccc7c(c6)c6c(c(=O)n7C)OCC(F)(F)[C@H](C7CC7)N6)n5)CC4)CC3)CC2)C1. The molecule has 1 saturated carbocycles. The zero-order chi connectivity index (χ0) is 60.1. The molecule has 0 radical (unpaired) electrons. The van der Waals surface area contributed by atoms with Gasteiger partial charge in [-0.25, -0.2) is 27.3 Å². The van der Waals surface area contributed by atoms with Gasteiger partial charge in [-0.3, -0.25) is 24.0 Å². The van der Waals surface area contributed by atoms with Gasteiger partial charge in [-0.05, 0) is 98.7 Å². The van der Waals surface area contributed by atoms with E-state index in [0.717, 1.165) is 29.7 Å². The summed E-state index contributed by atoms with van der Waals surface area (Å²) in [7, 11) is 5.04. The fourth-order valence-corrected chi connectivity index (χ4v) is 13.8. The number of hydrogen-bond donors (Lipinski definition) is 5. The zero-order valence-corrected chi connectivity index (χ0v) is 49.7. The molecule has 26 heteroatoms. The average Bonchev–Trinajstić information content (AvgIpc) is 1.85. The molecule has 1 aliphatic carbocycles. The molecule has 460 valence electrons. The van der Waals surface area contributed by atoms with Crippen LogP contribution in [0.5, 0.6) is 5.75 Å². The zero-order valence-electron chi connectivity index (χ0n) is 48.9. The number of benzene rings is 2. The molecule has 12 rings (SSSR count). The summed E-state index contributed by atoms with van der Waals surface area (Å²) in [5.74, 6) is -1.98. The van der Waals surface area contributed by atoms with Crippen LogP contribution in [-0.4, -0.2) is 173 Å². The summed E-state index contributed by atoms with van der Waals surface area (Å²) < 4.78 is 69.2. The lowest BCUT2D eigenvalue weighted by molar-refractivity contribution is -0.555. The first-order valence-electron chi connectivity index (χ1n) is 30.3. The Morgan fingerprint density at radius 2 is 1.72 bits per heavy atom. The number of anilines is 6. The summed E-state index contributed by atoms with van der Waals surface area (Å²) in [4.78, 5) is 75.4. The third-order valence-corrected chi connectivity index (χ3v) is 18.9. The van der Waals surface area contributed by atoms with Crippen LogP contribution in [-0.2, 0) is 36.0 Å². The lowest BCUT2D eigenvalue weighted by Gasteiger charge is -2.39. The van der Waals surface area contributed by atoms with E-state index in [1.54, 1.807) is 49.5 Å². The second kappa shape index (κ2) is 24.5. The number of pyridine rings is 1. The highest BCUT2D eigenvalue weighted by Gasteiger charge is 2.51. The van der Waals surface area contributed by atoms with E-state index >= 15 is 8.78 Å². The van der Waals surface area contributed by atoms with E-state index < -0.39 is 30.6 Å². The summed E-state index contributed by atoms with van der Waals surface area (Å²) in [6.45, 7) is 6.04. The van der Waals surface area contributed by atoms with Crippen molar-refractivity contribution in [3.8, 4) is 5.75 Å². The number of urea groups is 1. The number of halogens is 5. The number of quaternary nitrogens is 1. The van der Waals surface area contributed by atoms with E-state index in [1.165, 1.54) is 10.8 Å². The van der Waals surface area contributed by atoms with Gasteiger partial charge in [0.15, 0.2) is 18.2 Å². The molecule has 4 amide bonds. The Hall–Kier alpha value is -7.22. The van der Waals surface area contributed by atoms with Gasteiger partial charge in [0.05, 0.1) is 49.3 Å². The van der Waals surface area contributed by atoms with Crippen LogP contribution in [0, 0.1) is 11.8 Å². The third-order valence-electron chi connectivity index (χ3n) is 18.6. The van der Waals surface area contributed by atoms with E-state index in [-0.39, 0.29) is 64.3 Å². The van der Waals surface area contributed by atoms with Gasteiger partial charge in [0.2, 0.25) is 23.5 Å². The first kappa shape index (κ1) is 59.1. The Labute approximate surface area is 501 Å². The molecule has 21 nitrogen and oxygen atoms in total. The van der Waals surface area contributed by atoms with Gasteiger partial charge >= 0.3 is 12.0 Å². The third kappa shape index (κ3) is 11.6. The van der Waals surface area contributed by atoms with Gasteiger partial charge in [-0.2, -0.15) is 10.1 Å². The van der Waals surface area contributed by atoms with Crippen molar-refractivity contribution in [2.24, 2.45) is 24.6 Å². The number of hydrogen-bond acceptors (Lipinski definition) is 14. The predicted molar refractivity (Wildman–Crippen MR) is 320 cm³/mol. The highest BCUT2D eigenvalue weighted by atomic mass is 35.5. The number of aryl methyl sites for hydroxylation is 2. The molecule has 2 aromatic carbocycles. The molecule has 0 bridgehead atoms. The molecule has 5 aromatic rings. The van der Waals surface area contributed by atoms with Gasteiger partial charge < -0.3 is 60.8 Å². The van der Waals surface area contributed by atoms with Gasteiger partial charge in [0.1, 0.15) is 5.02 Å². The minimum atomic E-state index is -3.17. The molecular weight excluding hydrogens is 1140 g/mol. The number of nitrogens with two attached hydrogens (primary N) is 2. The highest BCUT2D eigenvalue weighted by molar-refractivity contribution is 6.33. The summed E-state index contributed by atoms with van der Waals surface area (Å²) >= 11 is 6.65. The second-order valence-electron chi connectivity index (χ2n) is 23.9. The van der Waals surface area contributed by atoms with E-state index in [0.29, 0.717) is 181 Å². The maximum atomic E-state index is 15.3. The molecule has 3 saturated heterocycles. The average molecular weight is 1210 g/mol. The minimum Gasteiger partial charge on any atom is -0.480 e. The molecule has 7 N–H and O–H groups in total. The number of alkyl halides is 4. The first-order chi connectivity index (χ1) is 41.5. The van der Waals surface area contributed by atoms with Gasteiger partial charge in [0, 0.05) is 151 Å². The highest BCUT2D eigenvalue weighted by Crippen LogP contribution is 2.47. The van der Waals surface area contributed by atoms with E-state index in [4.69, 9.17) is 32.2 Å². The lowest BCUT2D eigenvalue weighted by Crippen LogP contribution is -2.73. The lowest BCUT2D eigenvalue weighted by atomic mass is 9.91. The maximum absolute atomic E-state index is 15.3. The van der Waals surface area contributed by atoms with Gasteiger partial charge in [-0.15, -0.1) is 0 Å². The van der Waals surface area contributed by atoms with Crippen molar-refractivity contribution < 1.29 is 42.0 Å². The number of carbonyl (C=O) groups is 3. The Morgan fingerprint density at radius 3 is 2.43 bits per heavy atom. The number of likely N-dealkylation sites (tertiary alicyclic amines) is 1. The van der Waals surface area contributed by atoms with E-state index in [9.17, 15) is 28.0 Å². The number of rotatable bonds is 14. The molecule has 7 aliphatic rings. The van der Waals surface area contributed by atoms with Gasteiger partial charge in [0.25, 0.3) is 12.0 Å². The predicted octanol–water partition coefficient (Wildman–Crippen LogP) is 5.97. The fourth-order valence-electron chi connectivity index (χ4n) is 13.6. The van der Waals surface area contributed by atoms with Crippen LogP contribution in [0.3, 0.4) is 0 Å². The topological polar surface area (TPSA) is 224 Å². The van der Waals surface area contributed by atoms with Crippen LogP contribution in [0.15, 0.2) is 47.5 Å². The molecule has 6 aliphatic heterocycles. The number of amides is 4. The summed E-state index contributed by atoms with van der Waals surface area (Å²) in [5, 5.41) is 17.0. The number of fused-ring (bicyclic) bond motifs is 5. The van der Waals surface area contributed by atoms with Crippen LogP contribution < -0.4 is 47.1 Å². The molecule has 0 unspecified atom stereocenters. The van der Waals surface area contributed by atoms with Crippen molar-refractivity contribution in [1.82, 2.24) is 49.2 Å². The van der Waals surface area contributed by atoms with Gasteiger partial charge in [-0.1, -0.05) is 11.6 Å². The number of aromatic nitrogens is 5. The number of carbonyl (C=O) groups excluding carboxylic acids is 3. The molecule has 0 spiro atoms. The number of piperidine rings is 2. The van der Waals surface area contributed by atoms with E-state index in [2.05, 4.69) is 35.4 Å². The molecule has 4 fully saturated rings. The molecule has 86 heavy (non-hydrogen) atoms. The Morgan fingerprint density at radius 1 is 0.953 bits per heavy atom. The monoisotopic (exact) mass is 1210 g/mol. The number of piperazine rings is 1. The van der Waals surface area contributed by atoms with Crippen molar-refractivity contribution in [1.29, 1.82) is 0 Å². The smallest absolute Gasteiger partial charge is 0.317 e. The summed E-state index contributed by atoms with van der Waals surface area (Å²) in [6.07, 6.45) is 7.07. The Bertz CT molecular complexity index is 3500. The Balaban J connectivity index is 0.629. The standard InChI is InChI=1S/C60H75ClF4N16O5/c1-67-31-38(30-66)41-27-37-5-4-16-80(48(37)29-42(41)53(62)63)55-44-33-79(59(85)68-2)22-14-47(44)81(73-55)40-12-20-76(21-13-40)49(82)15-17-75-23-25-77(26-24-75)56(83)36-10-18-78(19-11-36)58-69-32-45(61)54(72-58)70-39-8-9-46-43(28-39)50-51(57(84)74(46)3)86-34-60(64,65)52(71-50)35-6-7-35/h8-9,27-29,31-32,35-36,40,52-53,67,71H,4-7,10-26,30,33-34,66H2,1-3H3,(H,68,85)(H,69,70,72)/p+1/b38-31+/t52-/m0/s1. The quantitative estimate of drug-likeness (QED) is 0.0809. The van der Waals surface area contributed by atoms with Crippen molar-refractivity contribution >= 4 is 80.6 Å². The Kier molecular flexibility index (Phi) is 16.9. The minimum absolute atomic E-state index is 0.0112. The normalized spacial score (nSPS) is 20.5. The summed E-state index contributed by atoms with van der Waals surface area (Å²) in [5.41, 5.74) is 11.6. The molecule has 3 aromatic heterocycles. The number of nitrogens with one attached hydrogen (secondary N) is 3. The maximum Gasteiger partial charge on any atom is 0.317 e. The van der Waals surface area contributed by atoms with Crippen LogP contribution in [0.2, 0.25) is 5.02 Å². The van der Waals surface area contributed by atoms with Crippen molar-refractivity contribution in [3.05, 3.63) is 86.1 Å². The molecular formula is C60H76ClF4N16O5+. The van der Waals surface area contributed by atoms with Crippen molar-refractivity contribution in [3.63, 3.8) is 0 Å².